The van der Waals surface area contributed by atoms with Crippen molar-refractivity contribution in [1.29, 1.82) is 5.26 Å². The van der Waals surface area contributed by atoms with Crippen LogP contribution in [-0.4, -0.2) is 31.1 Å². The van der Waals surface area contributed by atoms with Crippen molar-refractivity contribution in [2.75, 3.05) is 20.2 Å². The molecule has 17 heavy (non-hydrogen) atoms. The molecule has 90 valence electrons. The van der Waals surface area contributed by atoms with E-state index in [9.17, 15) is 4.39 Å². The lowest BCUT2D eigenvalue weighted by Crippen LogP contribution is -2.26. The van der Waals surface area contributed by atoms with Gasteiger partial charge in [-0.2, -0.15) is 5.26 Å². The first-order chi connectivity index (χ1) is 8.22. The predicted octanol–water partition coefficient (Wildman–Crippen LogP) is 2.17. The van der Waals surface area contributed by atoms with E-state index in [0.29, 0.717) is 18.4 Å². The highest BCUT2D eigenvalue weighted by atomic mass is 19.1. The monoisotopic (exact) mass is 234 g/mol. The summed E-state index contributed by atoms with van der Waals surface area (Å²) < 4.78 is 18.7. The Hall–Kier alpha value is -1.60. The average Bonchev–Trinajstić information content (AvgIpc) is 3.13. The summed E-state index contributed by atoms with van der Waals surface area (Å²) in [4.78, 5) is 2.23. The highest BCUT2D eigenvalue weighted by Crippen LogP contribution is 2.25. The van der Waals surface area contributed by atoms with Crippen LogP contribution < -0.4 is 4.74 Å². The fourth-order valence-corrected chi connectivity index (χ4v) is 1.73. The molecule has 0 unspecified atom stereocenters. The van der Waals surface area contributed by atoms with E-state index in [2.05, 4.69) is 11.9 Å². The molecule has 0 spiro atoms. The summed E-state index contributed by atoms with van der Waals surface area (Å²) >= 11 is 0. The van der Waals surface area contributed by atoms with Gasteiger partial charge in [-0.05, 0) is 32.0 Å². The Morgan fingerprint density at radius 1 is 1.53 bits per heavy atom. The first kappa shape index (κ1) is 11.9. The second-order valence-corrected chi connectivity index (χ2v) is 4.29. The molecule has 0 bridgehead atoms. The summed E-state index contributed by atoms with van der Waals surface area (Å²) in [6, 6.07) is 6.95. The van der Waals surface area contributed by atoms with Gasteiger partial charge in [0.25, 0.3) is 0 Å². The van der Waals surface area contributed by atoms with Gasteiger partial charge < -0.3 is 9.64 Å². The Labute approximate surface area is 100 Å². The molecule has 0 aliphatic heterocycles. The maximum absolute atomic E-state index is 13.3. The summed E-state index contributed by atoms with van der Waals surface area (Å²) in [7, 11) is 2.05. The van der Waals surface area contributed by atoms with Gasteiger partial charge in [0, 0.05) is 12.6 Å². The third kappa shape index (κ3) is 2.95. The molecule has 1 aromatic rings. The van der Waals surface area contributed by atoms with Crippen molar-refractivity contribution in [2.45, 2.75) is 18.9 Å². The van der Waals surface area contributed by atoms with Gasteiger partial charge in [-0.3, -0.25) is 0 Å². The van der Waals surface area contributed by atoms with Gasteiger partial charge in [-0.15, -0.1) is 0 Å². The minimum absolute atomic E-state index is 0.0124. The molecule has 1 aromatic carbocycles. The van der Waals surface area contributed by atoms with Gasteiger partial charge in [-0.25, -0.2) is 4.39 Å². The maximum atomic E-state index is 13.3. The zero-order valence-electron chi connectivity index (χ0n) is 9.82. The molecule has 0 N–H and O–H groups in total. The number of hydrogen-bond donors (Lipinski definition) is 0. The molecule has 1 aliphatic carbocycles. The largest absolute Gasteiger partial charge is 0.491 e. The van der Waals surface area contributed by atoms with Crippen molar-refractivity contribution in [2.24, 2.45) is 0 Å². The normalized spacial score (nSPS) is 14.7. The summed E-state index contributed by atoms with van der Waals surface area (Å²) in [6.45, 7) is 1.27. The van der Waals surface area contributed by atoms with Gasteiger partial charge in [0.05, 0.1) is 0 Å². The molecule has 1 saturated carbocycles. The Morgan fingerprint density at radius 3 is 2.94 bits per heavy atom. The number of nitriles is 1. The number of rotatable bonds is 5. The molecule has 3 nitrogen and oxygen atoms in total. The molecule has 1 fully saturated rings. The number of hydrogen-bond acceptors (Lipinski definition) is 3. The Bertz CT molecular complexity index is 438. The number of benzene rings is 1. The van der Waals surface area contributed by atoms with Gasteiger partial charge in [0.1, 0.15) is 29.8 Å². The zero-order chi connectivity index (χ0) is 12.3. The van der Waals surface area contributed by atoms with Crippen LogP contribution in [0.25, 0.3) is 0 Å². The Balaban J connectivity index is 1.90. The third-order valence-electron chi connectivity index (χ3n) is 2.96. The summed E-state index contributed by atoms with van der Waals surface area (Å²) in [5.41, 5.74) is -0.0124. The van der Waals surface area contributed by atoms with Crippen LogP contribution >= 0.6 is 0 Å². The van der Waals surface area contributed by atoms with Crippen molar-refractivity contribution in [1.82, 2.24) is 4.90 Å². The summed E-state index contributed by atoms with van der Waals surface area (Å²) in [6.07, 6.45) is 2.50. The predicted molar refractivity (Wildman–Crippen MR) is 62.3 cm³/mol. The van der Waals surface area contributed by atoms with E-state index >= 15 is 0 Å². The van der Waals surface area contributed by atoms with E-state index in [1.165, 1.54) is 18.9 Å². The first-order valence-corrected chi connectivity index (χ1v) is 5.74. The van der Waals surface area contributed by atoms with E-state index in [4.69, 9.17) is 10.00 Å². The number of ether oxygens (including phenoxy) is 1. The molecule has 0 radical (unpaired) electrons. The number of halogens is 1. The molecule has 0 heterocycles. The third-order valence-corrected chi connectivity index (χ3v) is 2.96. The van der Waals surface area contributed by atoms with Crippen LogP contribution in [0.5, 0.6) is 5.75 Å². The minimum atomic E-state index is -0.527. The van der Waals surface area contributed by atoms with Crippen molar-refractivity contribution in [3.8, 4) is 11.8 Å². The van der Waals surface area contributed by atoms with Crippen molar-refractivity contribution in [3.63, 3.8) is 0 Å². The summed E-state index contributed by atoms with van der Waals surface area (Å²) in [5, 5.41) is 8.83. The van der Waals surface area contributed by atoms with Crippen LogP contribution in [0.4, 0.5) is 4.39 Å². The van der Waals surface area contributed by atoms with Crippen LogP contribution in [0.2, 0.25) is 0 Å². The summed E-state index contributed by atoms with van der Waals surface area (Å²) in [5.74, 6) is -0.197. The van der Waals surface area contributed by atoms with E-state index in [1.54, 1.807) is 12.1 Å². The fourth-order valence-electron chi connectivity index (χ4n) is 1.73. The molecule has 2 rings (SSSR count). The molecule has 0 amide bonds. The van der Waals surface area contributed by atoms with Gasteiger partial charge in [0.2, 0.25) is 0 Å². The quantitative estimate of drug-likeness (QED) is 0.783. The number of nitrogens with zero attached hydrogens (tertiary/aromatic N) is 2. The number of likely N-dealkylation sites (N-methyl/N-ethyl adjacent to an activating group) is 1. The molecule has 0 aromatic heterocycles. The topological polar surface area (TPSA) is 36.3 Å². The lowest BCUT2D eigenvalue weighted by atomic mass is 10.2. The fraction of sp³-hybridized carbons (Fsp3) is 0.462. The molecule has 1 aliphatic rings. The van der Waals surface area contributed by atoms with Crippen molar-refractivity contribution < 1.29 is 9.13 Å². The molecule has 0 atom stereocenters. The van der Waals surface area contributed by atoms with E-state index in [-0.39, 0.29) is 5.56 Å². The highest BCUT2D eigenvalue weighted by Gasteiger charge is 2.25. The minimum Gasteiger partial charge on any atom is -0.491 e. The zero-order valence-corrected chi connectivity index (χ0v) is 9.82. The van der Waals surface area contributed by atoms with Crippen LogP contribution in [0.3, 0.4) is 0 Å². The van der Waals surface area contributed by atoms with Crippen LogP contribution in [0, 0.1) is 17.1 Å². The highest BCUT2D eigenvalue weighted by molar-refractivity contribution is 5.43. The van der Waals surface area contributed by atoms with E-state index < -0.39 is 5.82 Å². The van der Waals surface area contributed by atoms with Gasteiger partial charge >= 0.3 is 0 Å². The van der Waals surface area contributed by atoms with Crippen molar-refractivity contribution >= 4 is 0 Å². The first-order valence-electron chi connectivity index (χ1n) is 5.74. The maximum Gasteiger partial charge on any atom is 0.144 e. The smallest absolute Gasteiger partial charge is 0.144 e. The second kappa shape index (κ2) is 5.15. The van der Waals surface area contributed by atoms with Crippen molar-refractivity contribution in [3.05, 3.63) is 29.6 Å². The SMILES string of the molecule is CN(CCOc1cccc(F)c1C#N)C1CC1. The standard InChI is InChI=1S/C13H15FN2O/c1-16(10-5-6-10)7-8-17-13-4-2-3-12(14)11(13)9-15/h2-4,10H,5-8H2,1H3. The lowest BCUT2D eigenvalue weighted by molar-refractivity contribution is 0.231. The Kier molecular flexibility index (Phi) is 3.60. The molecule has 0 saturated heterocycles. The Morgan fingerprint density at radius 2 is 2.29 bits per heavy atom. The van der Waals surface area contributed by atoms with Crippen LogP contribution in [0.1, 0.15) is 18.4 Å². The molecule has 4 heteroatoms. The van der Waals surface area contributed by atoms with Crippen LogP contribution in [-0.2, 0) is 0 Å². The molecular formula is C13H15FN2O. The van der Waals surface area contributed by atoms with E-state index in [1.807, 2.05) is 6.07 Å². The van der Waals surface area contributed by atoms with Crippen LogP contribution in [0.15, 0.2) is 18.2 Å². The molecular weight excluding hydrogens is 219 g/mol. The van der Waals surface area contributed by atoms with Gasteiger partial charge in [-0.1, -0.05) is 6.07 Å². The van der Waals surface area contributed by atoms with Gasteiger partial charge in [0.15, 0.2) is 0 Å². The lowest BCUT2D eigenvalue weighted by Gasteiger charge is -2.16. The second-order valence-electron chi connectivity index (χ2n) is 4.29. The van der Waals surface area contributed by atoms with E-state index in [0.717, 1.165) is 6.54 Å². The average molecular weight is 234 g/mol.